The van der Waals surface area contributed by atoms with E-state index in [-0.39, 0.29) is 11.4 Å². The second kappa shape index (κ2) is 6.02. The minimum Gasteiger partial charge on any atom is -0.385 e. The molecule has 1 aromatic heterocycles. The van der Waals surface area contributed by atoms with Crippen LogP contribution in [-0.2, 0) is 10.0 Å². The van der Waals surface area contributed by atoms with Crippen molar-refractivity contribution >= 4 is 32.2 Å². The molecule has 0 radical (unpaired) electrons. The van der Waals surface area contributed by atoms with Gasteiger partial charge in [0.25, 0.3) is 5.69 Å². The number of fused-ring (bicyclic) bond motifs is 1. The second-order valence-corrected chi connectivity index (χ2v) is 6.19. The molecule has 0 unspecified atom stereocenters. The van der Waals surface area contributed by atoms with E-state index < -0.39 is 14.9 Å². The zero-order valence-electron chi connectivity index (χ0n) is 11.0. The highest BCUT2D eigenvalue weighted by atomic mass is 32.2. The Morgan fingerprint density at radius 2 is 2.05 bits per heavy atom. The van der Waals surface area contributed by atoms with Crippen molar-refractivity contribution in [1.29, 1.82) is 0 Å². The quantitative estimate of drug-likeness (QED) is 0.469. The van der Waals surface area contributed by atoms with Gasteiger partial charge in [-0.3, -0.25) is 15.1 Å². The number of non-ortho nitro benzene ring substituents is 1. The summed E-state index contributed by atoms with van der Waals surface area (Å²) in [6.07, 6.45) is 3.33. The van der Waals surface area contributed by atoms with Crippen LogP contribution in [0.5, 0.6) is 0 Å². The number of hydrogen-bond donors (Lipinski definition) is 2. The first-order valence-electron chi connectivity index (χ1n) is 6.14. The molecule has 8 nitrogen and oxygen atoms in total. The number of benzene rings is 1. The Balaban J connectivity index is 2.22. The van der Waals surface area contributed by atoms with Gasteiger partial charge >= 0.3 is 0 Å². The van der Waals surface area contributed by atoms with Crippen molar-refractivity contribution in [2.45, 2.75) is 6.42 Å². The van der Waals surface area contributed by atoms with Crippen LogP contribution in [0, 0.1) is 10.1 Å². The van der Waals surface area contributed by atoms with Crippen molar-refractivity contribution in [2.24, 2.45) is 5.14 Å². The van der Waals surface area contributed by atoms with Gasteiger partial charge in [-0.2, -0.15) is 0 Å². The number of pyridine rings is 1. The molecule has 0 bridgehead atoms. The van der Waals surface area contributed by atoms with Gasteiger partial charge in [-0.1, -0.05) is 0 Å². The Hall–Kier alpha value is -2.26. The molecule has 0 saturated carbocycles. The number of sulfonamides is 1. The lowest BCUT2D eigenvalue weighted by molar-refractivity contribution is -0.383. The number of aromatic nitrogens is 1. The van der Waals surface area contributed by atoms with Crippen LogP contribution in [-0.4, -0.2) is 30.6 Å². The van der Waals surface area contributed by atoms with E-state index in [0.717, 1.165) is 0 Å². The fourth-order valence-corrected chi connectivity index (χ4v) is 2.53. The Morgan fingerprint density at radius 3 is 2.71 bits per heavy atom. The van der Waals surface area contributed by atoms with Crippen molar-refractivity contribution in [3.63, 3.8) is 0 Å². The van der Waals surface area contributed by atoms with Crippen molar-refractivity contribution in [2.75, 3.05) is 17.6 Å². The molecule has 0 fully saturated rings. The van der Waals surface area contributed by atoms with Crippen molar-refractivity contribution in [1.82, 2.24) is 4.98 Å². The summed E-state index contributed by atoms with van der Waals surface area (Å²) in [5, 5.41) is 20.0. The fraction of sp³-hybridized carbons (Fsp3) is 0.250. The number of nitrogens with one attached hydrogen (secondary N) is 1. The molecule has 112 valence electrons. The average molecular weight is 310 g/mol. The lowest BCUT2D eigenvalue weighted by atomic mass is 10.1. The van der Waals surface area contributed by atoms with Crippen molar-refractivity contribution in [3.8, 4) is 0 Å². The molecular formula is C12H14N4O4S. The molecule has 0 aliphatic heterocycles. The third-order valence-electron chi connectivity index (χ3n) is 2.91. The minimum absolute atomic E-state index is 0.0202. The normalized spacial score (nSPS) is 11.5. The van der Waals surface area contributed by atoms with Crippen LogP contribution in [0.25, 0.3) is 10.8 Å². The molecule has 3 N–H and O–H groups in total. The number of anilines is 1. The minimum atomic E-state index is -3.48. The predicted octanol–water partition coefficient (Wildman–Crippen LogP) is 1.23. The number of hydrogen-bond acceptors (Lipinski definition) is 6. The Morgan fingerprint density at radius 1 is 1.29 bits per heavy atom. The van der Waals surface area contributed by atoms with E-state index in [4.69, 9.17) is 5.14 Å². The van der Waals surface area contributed by atoms with E-state index in [0.29, 0.717) is 29.4 Å². The van der Waals surface area contributed by atoms with Gasteiger partial charge in [0, 0.05) is 36.1 Å². The maximum atomic E-state index is 11.0. The van der Waals surface area contributed by atoms with Crippen LogP contribution in [0.4, 0.5) is 11.4 Å². The SMILES string of the molecule is NS(=O)(=O)CCCNc1ccc([N+](=O)[O-])c2cnccc12. The summed E-state index contributed by atoms with van der Waals surface area (Å²) in [7, 11) is -3.48. The third kappa shape index (κ3) is 3.86. The Kier molecular flexibility index (Phi) is 4.34. The number of rotatable bonds is 6. The van der Waals surface area contributed by atoms with Gasteiger partial charge in [0.2, 0.25) is 10.0 Å². The topological polar surface area (TPSA) is 128 Å². The molecule has 0 amide bonds. The Labute approximate surface area is 121 Å². The van der Waals surface area contributed by atoms with E-state index in [1.807, 2.05) is 0 Å². The smallest absolute Gasteiger partial charge is 0.278 e. The summed E-state index contributed by atoms with van der Waals surface area (Å²) in [6.45, 7) is 0.395. The lowest BCUT2D eigenvalue weighted by Crippen LogP contribution is -2.18. The van der Waals surface area contributed by atoms with Crippen molar-refractivity contribution < 1.29 is 13.3 Å². The van der Waals surface area contributed by atoms with Gasteiger partial charge in [-0.05, 0) is 18.6 Å². The maximum Gasteiger partial charge on any atom is 0.278 e. The monoisotopic (exact) mass is 310 g/mol. The predicted molar refractivity (Wildman–Crippen MR) is 79.5 cm³/mol. The summed E-state index contributed by atoms with van der Waals surface area (Å²) < 4.78 is 21.7. The highest BCUT2D eigenvalue weighted by molar-refractivity contribution is 7.89. The zero-order valence-corrected chi connectivity index (χ0v) is 11.8. The molecule has 0 aliphatic rings. The first kappa shape index (κ1) is 15.1. The number of nitrogens with two attached hydrogens (primary N) is 1. The highest BCUT2D eigenvalue weighted by Crippen LogP contribution is 2.30. The molecule has 1 heterocycles. The molecule has 0 atom stereocenters. The van der Waals surface area contributed by atoms with E-state index in [1.54, 1.807) is 18.3 Å². The average Bonchev–Trinajstić information content (AvgIpc) is 2.42. The van der Waals surface area contributed by atoms with Crippen LogP contribution in [0.15, 0.2) is 30.6 Å². The van der Waals surface area contributed by atoms with Crippen LogP contribution < -0.4 is 10.5 Å². The van der Waals surface area contributed by atoms with E-state index in [9.17, 15) is 18.5 Å². The molecular weight excluding hydrogens is 296 g/mol. The number of nitrogens with zero attached hydrogens (tertiary/aromatic N) is 2. The van der Waals surface area contributed by atoms with Gasteiger partial charge in [-0.15, -0.1) is 0 Å². The first-order valence-corrected chi connectivity index (χ1v) is 7.85. The van der Waals surface area contributed by atoms with E-state index >= 15 is 0 Å². The lowest BCUT2D eigenvalue weighted by Gasteiger charge is -2.09. The summed E-state index contributed by atoms with van der Waals surface area (Å²) in [4.78, 5) is 14.4. The van der Waals surface area contributed by atoms with Gasteiger partial charge in [0.1, 0.15) is 0 Å². The molecule has 9 heteroatoms. The molecule has 0 saturated heterocycles. The van der Waals surface area contributed by atoms with Gasteiger partial charge in [-0.25, -0.2) is 13.6 Å². The first-order chi connectivity index (χ1) is 9.88. The van der Waals surface area contributed by atoms with E-state index in [2.05, 4.69) is 10.3 Å². The third-order valence-corrected chi connectivity index (χ3v) is 3.77. The molecule has 2 aromatic rings. The highest BCUT2D eigenvalue weighted by Gasteiger charge is 2.14. The molecule has 21 heavy (non-hydrogen) atoms. The molecule has 2 rings (SSSR count). The van der Waals surface area contributed by atoms with Gasteiger partial charge in [0.15, 0.2) is 0 Å². The summed E-state index contributed by atoms with van der Waals surface area (Å²) in [5.74, 6) is -0.119. The number of nitro groups is 1. The summed E-state index contributed by atoms with van der Waals surface area (Å²) in [6, 6.07) is 4.66. The maximum absolute atomic E-state index is 11.0. The summed E-state index contributed by atoms with van der Waals surface area (Å²) in [5.41, 5.74) is 0.667. The molecule has 0 spiro atoms. The van der Waals surface area contributed by atoms with Crippen LogP contribution in [0.1, 0.15) is 6.42 Å². The second-order valence-electron chi connectivity index (χ2n) is 4.46. The largest absolute Gasteiger partial charge is 0.385 e. The van der Waals surface area contributed by atoms with Gasteiger partial charge < -0.3 is 5.32 Å². The van der Waals surface area contributed by atoms with Crippen LogP contribution in [0.2, 0.25) is 0 Å². The summed E-state index contributed by atoms with van der Waals surface area (Å²) >= 11 is 0. The zero-order chi connectivity index (χ0) is 15.5. The molecule has 0 aliphatic carbocycles. The number of primary sulfonamides is 1. The van der Waals surface area contributed by atoms with Crippen LogP contribution in [0.3, 0.4) is 0 Å². The number of nitro benzene ring substituents is 1. The van der Waals surface area contributed by atoms with Gasteiger partial charge in [0.05, 0.1) is 16.1 Å². The van der Waals surface area contributed by atoms with Crippen LogP contribution >= 0.6 is 0 Å². The van der Waals surface area contributed by atoms with E-state index in [1.165, 1.54) is 12.3 Å². The molecule has 1 aromatic carbocycles. The fourth-order valence-electron chi connectivity index (χ4n) is 1.99. The standard InChI is InChI=1S/C12H14N4O4S/c13-21(19,20)7-1-5-15-11-2-3-12(16(17)18)10-8-14-6-4-9(10)11/h2-4,6,8,15H,1,5,7H2,(H2,13,19,20). The Bertz CT molecular complexity index is 776. The van der Waals surface area contributed by atoms with Crippen molar-refractivity contribution in [3.05, 3.63) is 40.7 Å².